The number of halogens is 1. The zero-order valence-electron chi connectivity index (χ0n) is 15.6. The standard InChI is InChI=1S/C20H19FN4O2S2/c1-2-13-5-9-16(10-6-13)22-18(27)12-28-20-25-24-19(29-20)23-17(26)11-14-3-7-15(21)8-4-14/h3-10H,2,11-12H2,1H3,(H,22,27)(H,23,24,26). The maximum Gasteiger partial charge on any atom is 0.234 e. The number of aromatic nitrogens is 2. The maximum atomic E-state index is 12.9. The monoisotopic (exact) mass is 430 g/mol. The molecule has 2 N–H and O–H groups in total. The zero-order chi connectivity index (χ0) is 20.6. The minimum Gasteiger partial charge on any atom is -0.325 e. The van der Waals surface area contributed by atoms with Gasteiger partial charge in [0.15, 0.2) is 4.34 Å². The summed E-state index contributed by atoms with van der Waals surface area (Å²) in [4.78, 5) is 24.1. The third-order valence-electron chi connectivity index (χ3n) is 3.90. The summed E-state index contributed by atoms with van der Waals surface area (Å²) in [5.74, 6) is -0.566. The Balaban J connectivity index is 1.44. The van der Waals surface area contributed by atoms with Crippen molar-refractivity contribution in [3.05, 3.63) is 65.5 Å². The minimum atomic E-state index is -0.345. The molecule has 3 rings (SSSR count). The number of hydrogen-bond acceptors (Lipinski definition) is 6. The fourth-order valence-corrected chi connectivity index (χ4v) is 3.99. The van der Waals surface area contributed by atoms with Gasteiger partial charge in [0, 0.05) is 5.69 Å². The van der Waals surface area contributed by atoms with Crippen molar-refractivity contribution in [2.24, 2.45) is 0 Å². The third-order valence-corrected chi connectivity index (χ3v) is 5.88. The van der Waals surface area contributed by atoms with Gasteiger partial charge < -0.3 is 10.6 Å². The van der Waals surface area contributed by atoms with Crippen LogP contribution in [0.3, 0.4) is 0 Å². The number of thioether (sulfide) groups is 1. The highest BCUT2D eigenvalue weighted by atomic mass is 32.2. The van der Waals surface area contributed by atoms with E-state index in [1.165, 1.54) is 40.8 Å². The quantitative estimate of drug-likeness (QED) is 0.414. The summed E-state index contributed by atoms with van der Waals surface area (Å²) < 4.78 is 13.5. The number of hydrogen-bond donors (Lipinski definition) is 2. The van der Waals surface area contributed by atoms with Gasteiger partial charge >= 0.3 is 0 Å². The summed E-state index contributed by atoms with van der Waals surface area (Å²) in [6, 6.07) is 13.5. The number of amides is 2. The molecule has 0 spiro atoms. The molecule has 0 fully saturated rings. The highest BCUT2D eigenvalue weighted by Crippen LogP contribution is 2.25. The van der Waals surface area contributed by atoms with Crippen LogP contribution in [0.1, 0.15) is 18.1 Å². The lowest BCUT2D eigenvalue weighted by atomic mass is 10.1. The molecule has 29 heavy (non-hydrogen) atoms. The summed E-state index contributed by atoms with van der Waals surface area (Å²) >= 11 is 2.45. The molecule has 0 aliphatic heterocycles. The molecule has 2 aromatic carbocycles. The second-order valence-corrected chi connectivity index (χ2v) is 8.31. The first-order valence-electron chi connectivity index (χ1n) is 8.91. The predicted octanol–water partition coefficient (Wildman–Crippen LogP) is 4.15. The SMILES string of the molecule is CCc1ccc(NC(=O)CSc2nnc(NC(=O)Cc3ccc(F)cc3)s2)cc1. The summed E-state index contributed by atoms with van der Waals surface area (Å²) in [5, 5.41) is 13.7. The van der Waals surface area contributed by atoms with E-state index in [1.807, 2.05) is 24.3 Å². The summed E-state index contributed by atoms with van der Waals surface area (Å²) in [6.45, 7) is 2.08. The molecule has 1 aromatic heterocycles. The van der Waals surface area contributed by atoms with Gasteiger partial charge in [-0.1, -0.05) is 54.3 Å². The van der Waals surface area contributed by atoms with Crippen LogP contribution in [0.5, 0.6) is 0 Å². The first-order valence-corrected chi connectivity index (χ1v) is 10.7. The van der Waals surface area contributed by atoms with Crippen LogP contribution in [0, 0.1) is 5.82 Å². The van der Waals surface area contributed by atoms with Crippen LogP contribution in [0.4, 0.5) is 15.2 Å². The van der Waals surface area contributed by atoms with Crippen LogP contribution in [-0.4, -0.2) is 27.8 Å². The summed E-state index contributed by atoms with van der Waals surface area (Å²) in [5.41, 5.74) is 2.66. The van der Waals surface area contributed by atoms with E-state index in [9.17, 15) is 14.0 Å². The Kier molecular flexibility index (Phi) is 7.31. The fraction of sp³-hybridized carbons (Fsp3) is 0.200. The van der Waals surface area contributed by atoms with E-state index < -0.39 is 0 Å². The Hall–Kier alpha value is -2.78. The van der Waals surface area contributed by atoms with Crippen molar-refractivity contribution in [1.82, 2.24) is 10.2 Å². The number of rotatable bonds is 8. The number of aryl methyl sites for hydroxylation is 1. The minimum absolute atomic E-state index is 0.113. The van der Waals surface area contributed by atoms with Crippen LogP contribution in [-0.2, 0) is 22.4 Å². The number of anilines is 2. The molecule has 0 bridgehead atoms. The molecule has 3 aromatic rings. The molecule has 0 unspecified atom stereocenters. The average molecular weight is 431 g/mol. The van der Waals surface area contributed by atoms with Gasteiger partial charge in [-0.2, -0.15) is 0 Å². The van der Waals surface area contributed by atoms with E-state index in [4.69, 9.17) is 0 Å². The molecule has 0 atom stereocenters. The van der Waals surface area contributed by atoms with Crippen molar-refractivity contribution in [3.63, 3.8) is 0 Å². The molecular weight excluding hydrogens is 411 g/mol. The zero-order valence-corrected chi connectivity index (χ0v) is 17.3. The van der Waals surface area contributed by atoms with E-state index in [0.29, 0.717) is 15.0 Å². The van der Waals surface area contributed by atoms with E-state index in [-0.39, 0.29) is 29.8 Å². The largest absolute Gasteiger partial charge is 0.325 e. The van der Waals surface area contributed by atoms with Gasteiger partial charge in [-0.15, -0.1) is 10.2 Å². The predicted molar refractivity (Wildman–Crippen MR) is 114 cm³/mol. The van der Waals surface area contributed by atoms with Crippen molar-refractivity contribution < 1.29 is 14.0 Å². The van der Waals surface area contributed by atoms with E-state index in [2.05, 4.69) is 27.8 Å². The summed E-state index contributed by atoms with van der Waals surface area (Å²) in [7, 11) is 0. The van der Waals surface area contributed by atoms with Crippen LogP contribution in [0.15, 0.2) is 52.9 Å². The second kappa shape index (κ2) is 10.1. The molecule has 9 heteroatoms. The molecule has 2 amide bonds. The topological polar surface area (TPSA) is 84.0 Å². The Morgan fingerprint density at radius 1 is 0.966 bits per heavy atom. The normalized spacial score (nSPS) is 10.6. The number of carbonyl (C=O) groups is 2. The van der Waals surface area contributed by atoms with Crippen molar-refractivity contribution in [2.45, 2.75) is 24.1 Å². The molecule has 6 nitrogen and oxygen atoms in total. The Morgan fingerprint density at radius 3 is 2.34 bits per heavy atom. The highest BCUT2D eigenvalue weighted by Gasteiger charge is 2.11. The van der Waals surface area contributed by atoms with Gasteiger partial charge in [0.2, 0.25) is 16.9 Å². The van der Waals surface area contributed by atoms with Gasteiger partial charge in [-0.05, 0) is 41.8 Å². The molecule has 0 saturated carbocycles. The van der Waals surface area contributed by atoms with Crippen molar-refractivity contribution >= 4 is 45.7 Å². The molecule has 0 aliphatic carbocycles. The number of nitrogens with one attached hydrogen (secondary N) is 2. The fourth-order valence-electron chi connectivity index (χ4n) is 2.42. The van der Waals surface area contributed by atoms with Crippen molar-refractivity contribution in [1.29, 1.82) is 0 Å². The van der Waals surface area contributed by atoms with Gasteiger partial charge in [-0.3, -0.25) is 9.59 Å². The van der Waals surface area contributed by atoms with Gasteiger partial charge in [0.25, 0.3) is 0 Å². The number of carbonyl (C=O) groups excluding carboxylic acids is 2. The second-order valence-electron chi connectivity index (χ2n) is 6.11. The maximum absolute atomic E-state index is 12.9. The molecule has 0 saturated heterocycles. The third kappa shape index (κ3) is 6.65. The lowest BCUT2D eigenvalue weighted by molar-refractivity contribution is -0.115. The number of nitrogens with zero attached hydrogens (tertiary/aromatic N) is 2. The van der Waals surface area contributed by atoms with Crippen molar-refractivity contribution in [3.8, 4) is 0 Å². The smallest absolute Gasteiger partial charge is 0.234 e. The van der Waals surface area contributed by atoms with Crippen LogP contribution in [0.25, 0.3) is 0 Å². The molecule has 0 aliphatic rings. The molecular formula is C20H19FN4O2S2. The first-order chi connectivity index (χ1) is 14.0. The van der Waals surface area contributed by atoms with Crippen molar-refractivity contribution in [2.75, 3.05) is 16.4 Å². The highest BCUT2D eigenvalue weighted by molar-refractivity contribution is 8.01. The van der Waals surface area contributed by atoms with Gasteiger partial charge in [0.1, 0.15) is 5.82 Å². The Bertz CT molecular complexity index is 975. The molecule has 1 heterocycles. The van der Waals surface area contributed by atoms with Crippen LogP contribution < -0.4 is 10.6 Å². The van der Waals surface area contributed by atoms with E-state index in [1.54, 1.807) is 12.1 Å². The van der Waals surface area contributed by atoms with Crippen LogP contribution in [0.2, 0.25) is 0 Å². The average Bonchev–Trinajstić information content (AvgIpc) is 3.16. The van der Waals surface area contributed by atoms with E-state index >= 15 is 0 Å². The lowest BCUT2D eigenvalue weighted by Crippen LogP contribution is -2.14. The first kappa shape index (κ1) is 20.9. The molecule has 150 valence electrons. The summed E-state index contributed by atoms with van der Waals surface area (Å²) in [6.07, 6.45) is 1.06. The Morgan fingerprint density at radius 2 is 1.66 bits per heavy atom. The van der Waals surface area contributed by atoms with Crippen LogP contribution >= 0.6 is 23.1 Å². The van der Waals surface area contributed by atoms with E-state index in [0.717, 1.165) is 12.1 Å². The lowest BCUT2D eigenvalue weighted by Gasteiger charge is -2.05. The van der Waals surface area contributed by atoms with Gasteiger partial charge in [0.05, 0.1) is 12.2 Å². The molecule has 0 radical (unpaired) electrons. The number of benzene rings is 2. The Labute approximate surface area is 175 Å². The van der Waals surface area contributed by atoms with Gasteiger partial charge in [-0.25, -0.2) is 4.39 Å².